The van der Waals surface area contributed by atoms with Gasteiger partial charge in [-0.1, -0.05) is 6.07 Å². The van der Waals surface area contributed by atoms with E-state index < -0.39 is 0 Å². The van der Waals surface area contributed by atoms with Gasteiger partial charge >= 0.3 is 0 Å². The molecule has 2 rings (SSSR count). The molecule has 0 aliphatic carbocycles. The molecule has 0 bridgehead atoms. The van der Waals surface area contributed by atoms with Crippen molar-refractivity contribution in [1.29, 1.82) is 0 Å². The minimum atomic E-state index is -0.354. The fourth-order valence-corrected chi connectivity index (χ4v) is 2.31. The Morgan fingerprint density at radius 3 is 2.95 bits per heavy atom. The molecule has 1 aromatic carbocycles. The molecule has 1 heterocycles. The Bertz CT molecular complexity index is 472. The third kappa shape index (κ3) is 3.45. The Kier molecular flexibility index (Phi) is 4.39. The van der Waals surface area contributed by atoms with Crippen molar-refractivity contribution in [3.63, 3.8) is 0 Å². The number of hydrogen-bond donors (Lipinski definition) is 4. The van der Waals surface area contributed by atoms with E-state index in [0.29, 0.717) is 25.1 Å². The number of nitrogens with one attached hydrogen (secondary N) is 2. The summed E-state index contributed by atoms with van der Waals surface area (Å²) in [7, 11) is 0. The zero-order valence-electron chi connectivity index (χ0n) is 11.1. The SMILES string of the molecule is CC(O)CNCCc1ccc(O)c2c1CCC(=O)N2. The predicted octanol–water partition coefficient (Wildman–Crippen LogP) is 0.790. The standard InChI is InChI=1S/C14H20N2O3/c1-9(17)8-15-7-6-10-2-4-12(18)14-11(10)3-5-13(19)16-14/h2,4,9,15,17-18H,3,5-8H2,1H3,(H,16,19). The lowest BCUT2D eigenvalue weighted by Gasteiger charge is -2.21. The topological polar surface area (TPSA) is 81.6 Å². The summed E-state index contributed by atoms with van der Waals surface area (Å²) in [6, 6.07) is 3.52. The monoisotopic (exact) mass is 264 g/mol. The Morgan fingerprint density at radius 1 is 1.42 bits per heavy atom. The number of aromatic hydroxyl groups is 1. The zero-order chi connectivity index (χ0) is 13.8. The second-order valence-electron chi connectivity index (χ2n) is 4.95. The molecule has 104 valence electrons. The van der Waals surface area contributed by atoms with Crippen molar-refractivity contribution >= 4 is 11.6 Å². The Balaban J connectivity index is 2.05. The first-order valence-electron chi connectivity index (χ1n) is 6.60. The molecule has 19 heavy (non-hydrogen) atoms. The molecule has 1 unspecified atom stereocenters. The van der Waals surface area contributed by atoms with E-state index in [9.17, 15) is 9.90 Å². The molecule has 5 nitrogen and oxygen atoms in total. The molecule has 0 aromatic heterocycles. The second kappa shape index (κ2) is 6.04. The highest BCUT2D eigenvalue weighted by Gasteiger charge is 2.20. The maximum atomic E-state index is 11.4. The summed E-state index contributed by atoms with van der Waals surface area (Å²) < 4.78 is 0. The number of carbonyl (C=O) groups excluding carboxylic acids is 1. The van der Waals surface area contributed by atoms with E-state index in [-0.39, 0.29) is 17.8 Å². The van der Waals surface area contributed by atoms with E-state index in [0.717, 1.165) is 24.1 Å². The van der Waals surface area contributed by atoms with Gasteiger partial charge in [0.1, 0.15) is 5.75 Å². The van der Waals surface area contributed by atoms with Crippen LogP contribution in [0.2, 0.25) is 0 Å². The van der Waals surface area contributed by atoms with Crippen LogP contribution in [0.3, 0.4) is 0 Å². The first-order chi connectivity index (χ1) is 9.08. The summed E-state index contributed by atoms with van der Waals surface area (Å²) in [5.41, 5.74) is 2.72. The van der Waals surface area contributed by atoms with Crippen molar-refractivity contribution in [2.45, 2.75) is 32.3 Å². The highest BCUT2D eigenvalue weighted by molar-refractivity contribution is 5.95. The van der Waals surface area contributed by atoms with Gasteiger partial charge in [0.15, 0.2) is 0 Å². The summed E-state index contributed by atoms with van der Waals surface area (Å²) >= 11 is 0. The van der Waals surface area contributed by atoms with E-state index in [2.05, 4.69) is 10.6 Å². The molecule has 0 fully saturated rings. The molecule has 1 atom stereocenters. The predicted molar refractivity (Wildman–Crippen MR) is 73.3 cm³/mol. The van der Waals surface area contributed by atoms with Crippen LogP contribution in [0.1, 0.15) is 24.5 Å². The van der Waals surface area contributed by atoms with Gasteiger partial charge < -0.3 is 20.8 Å². The van der Waals surface area contributed by atoms with Gasteiger partial charge in [0.25, 0.3) is 0 Å². The molecule has 1 amide bonds. The van der Waals surface area contributed by atoms with E-state index in [1.54, 1.807) is 13.0 Å². The van der Waals surface area contributed by atoms with Gasteiger partial charge in [-0.05, 0) is 43.5 Å². The highest BCUT2D eigenvalue weighted by Crippen LogP contribution is 2.34. The zero-order valence-corrected chi connectivity index (χ0v) is 11.1. The van der Waals surface area contributed by atoms with Crippen LogP contribution >= 0.6 is 0 Å². The summed E-state index contributed by atoms with van der Waals surface area (Å²) in [6.07, 6.45) is 1.59. The van der Waals surface area contributed by atoms with E-state index >= 15 is 0 Å². The third-order valence-corrected chi connectivity index (χ3v) is 3.27. The molecule has 0 spiro atoms. The van der Waals surface area contributed by atoms with Gasteiger partial charge in [-0.25, -0.2) is 0 Å². The number of phenols is 1. The third-order valence-electron chi connectivity index (χ3n) is 3.27. The molecule has 5 heteroatoms. The summed E-state index contributed by atoms with van der Waals surface area (Å²) in [6.45, 7) is 3.07. The molecule has 1 aliphatic heterocycles. The van der Waals surface area contributed by atoms with Crippen molar-refractivity contribution in [3.05, 3.63) is 23.3 Å². The minimum Gasteiger partial charge on any atom is -0.506 e. The van der Waals surface area contributed by atoms with Gasteiger partial charge in [-0.2, -0.15) is 0 Å². The van der Waals surface area contributed by atoms with Gasteiger partial charge in [-0.3, -0.25) is 4.79 Å². The molecular weight excluding hydrogens is 244 g/mol. The van der Waals surface area contributed by atoms with Crippen molar-refractivity contribution < 1.29 is 15.0 Å². The largest absolute Gasteiger partial charge is 0.506 e. The van der Waals surface area contributed by atoms with Crippen molar-refractivity contribution in [2.24, 2.45) is 0 Å². The number of anilines is 1. The van der Waals surface area contributed by atoms with Gasteiger partial charge in [0.05, 0.1) is 11.8 Å². The fraction of sp³-hybridized carbons (Fsp3) is 0.500. The lowest BCUT2D eigenvalue weighted by molar-refractivity contribution is -0.116. The highest BCUT2D eigenvalue weighted by atomic mass is 16.3. The van der Waals surface area contributed by atoms with Crippen LogP contribution in [0.15, 0.2) is 12.1 Å². The average Bonchev–Trinajstić information content (AvgIpc) is 2.37. The van der Waals surface area contributed by atoms with Crippen molar-refractivity contribution in [1.82, 2.24) is 5.32 Å². The van der Waals surface area contributed by atoms with Crippen LogP contribution in [-0.2, 0) is 17.6 Å². The molecule has 4 N–H and O–H groups in total. The summed E-state index contributed by atoms with van der Waals surface area (Å²) in [4.78, 5) is 11.4. The fourth-order valence-electron chi connectivity index (χ4n) is 2.31. The van der Waals surface area contributed by atoms with Crippen LogP contribution in [0.4, 0.5) is 5.69 Å². The van der Waals surface area contributed by atoms with Gasteiger partial charge in [0, 0.05) is 13.0 Å². The van der Waals surface area contributed by atoms with Crippen LogP contribution in [0, 0.1) is 0 Å². The Hall–Kier alpha value is -1.59. The first kappa shape index (κ1) is 13.8. The van der Waals surface area contributed by atoms with Crippen molar-refractivity contribution in [3.8, 4) is 5.75 Å². The maximum absolute atomic E-state index is 11.4. The molecular formula is C14H20N2O3. The lowest BCUT2D eigenvalue weighted by Crippen LogP contribution is -2.27. The van der Waals surface area contributed by atoms with Gasteiger partial charge in [-0.15, -0.1) is 0 Å². The second-order valence-corrected chi connectivity index (χ2v) is 4.95. The normalized spacial score (nSPS) is 15.8. The van der Waals surface area contributed by atoms with Crippen LogP contribution < -0.4 is 10.6 Å². The quantitative estimate of drug-likeness (QED) is 0.468. The van der Waals surface area contributed by atoms with E-state index in [4.69, 9.17) is 5.11 Å². The number of benzene rings is 1. The number of phenolic OH excluding ortho intramolecular Hbond substituents is 1. The summed E-state index contributed by atoms with van der Waals surface area (Å²) in [5, 5.41) is 24.8. The number of aliphatic hydroxyl groups is 1. The van der Waals surface area contributed by atoms with E-state index in [1.165, 1.54) is 0 Å². The number of carbonyl (C=O) groups is 1. The number of fused-ring (bicyclic) bond motifs is 1. The lowest BCUT2D eigenvalue weighted by atomic mass is 9.95. The molecule has 1 aromatic rings. The Morgan fingerprint density at radius 2 is 2.21 bits per heavy atom. The van der Waals surface area contributed by atoms with Gasteiger partial charge in [0.2, 0.25) is 5.91 Å². The van der Waals surface area contributed by atoms with Crippen LogP contribution in [0.25, 0.3) is 0 Å². The first-order valence-corrected chi connectivity index (χ1v) is 6.60. The van der Waals surface area contributed by atoms with E-state index in [1.807, 2.05) is 6.07 Å². The Labute approximate surface area is 112 Å². The molecule has 0 saturated carbocycles. The maximum Gasteiger partial charge on any atom is 0.224 e. The van der Waals surface area contributed by atoms with Crippen LogP contribution in [-0.4, -0.2) is 35.3 Å². The smallest absolute Gasteiger partial charge is 0.224 e. The minimum absolute atomic E-state index is 0.0489. The number of amides is 1. The molecule has 0 radical (unpaired) electrons. The molecule has 0 saturated heterocycles. The number of aliphatic hydroxyl groups excluding tert-OH is 1. The number of hydrogen-bond acceptors (Lipinski definition) is 4. The average molecular weight is 264 g/mol. The van der Waals surface area contributed by atoms with Crippen LogP contribution in [0.5, 0.6) is 5.75 Å². The number of rotatable bonds is 5. The van der Waals surface area contributed by atoms with Crippen molar-refractivity contribution in [2.75, 3.05) is 18.4 Å². The molecule has 1 aliphatic rings. The summed E-state index contributed by atoms with van der Waals surface area (Å²) in [5.74, 6) is 0.0796.